The van der Waals surface area contributed by atoms with Gasteiger partial charge in [-0.3, -0.25) is 15.0 Å². The van der Waals surface area contributed by atoms with E-state index in [0.29, 0.717) is 5.02 Å². The zero-order chi connectivity index (χ0) is 18.8. The van der Waals surface area contributed by atoms with Crippen LogP contribution in [0.2, 0.25) is 5.02 Å². The molecule has 0 atom stereocenters. The molecule has 0 radical (unpaired) electrons. The number of nitrogens with one attached hydrogen (secondary N) is 1. The molecule has 0 bridgehead atoms. The average Bonchev–Trinajstić information content (AvgIpc) is 2.51. The SMILES string of the molecule is CC(C)(C)N(NC(=O)c1c(F)cccc1F)C(=O)c1ccc(Cl)cc1. The van der Waals surface area contributed by atoms with Gasteiger partial charge in [-0.2, -0.15) is 0 Å². The van der Waals surface area contributed by atoms with Gasteiger partial charge in [0, 0.05) is 10.6 Å². The molecule has 0 aliphatic rings. The molecule has 0 aliphatic heterocycles. The first-order chi connectivity index (χ1) is 11.6. The van der Waals surface area contributed by atoms with E-state index in [2.05, 4.69) is 5.43 Å². The molecule has 2 aromatic rings. The number of carbonyl (C=O) groups is 2. The van der Waals surface area contributed by atoms with Crippen molar-refractivity contribution < 1.29 is 18.4 Å². The molecule has 1 N–H and O–H groups in total. The number of amides is 2. The van der Waals surface area contributed by atoms with Crippen LogP contribution in [0, 0.1) is 11.6 Å². The largest absolute Gasteiger partial charge is 0.275 e. The lowest BCUT2D eigenvalue weighted by atomic mass is 10.1. The van der Waals surface area contributed by atoms with Crippen LogP contribution in [-0.2, 0) is 0 Å². The molecule has 0 spiro atoms. The molecular formula is C18H17ClF2N2O2. The lowest BCUT2D eigenvalue weighted by Crippen LogP contribution is -2.56. The summed E-state index contributed by atoms with van der Waals surface area (Å²) in [5.41, 5.74) is 0.983. The van der Waals surface area contributed by atoms with Crippen molar-refractivity contribution in [1.82, 2.24) is 10.4 Å². The Labute approximate surface area is 149 Å². The molecule has 0 fully saturated rings. The van der Waals surface area contributed by atoms with Crippen molar-refractivity contribution in [3.05, 3.63) is 70.2 Å². The first kappa shape index (κ1) is 18.9. The zero-order valence-electron chi connectivity index (χ0n) is 13.9. The van der Waals surface area contributed by atoms with Crippen LogP contribution in [-0.4, -0.2) is 22.4 Å². The minimum absolute atomic E-state index is 0.272. The maximum absolute atomic E-state index is 13.8. The Morgan fingerprint density at radius 2 is 1.52 bits per heavy atom. The van der Waals surface area contributed by atoms with E-state index in [1.54, 1.807) is 20.8 Å². The van der Waals surface area contributed by atoms with Crippen molar-refractivity contribution in [3.63, 3.8) is 0 Å². The summed E-state index contributed by atoms with van der Waals surface area (Å²) in [5.74, 6) is -3.60. The van der Waals surface area contributed by atoms with Crippen LogP contribution in [0.4, 0.5) is 8.78 Å². The number of nitrogens with zero attached hydrogens (tertiary/aromatic N) is 1. The van der Waals surface area contributed by atoms with Gasteiger partial charge in [-0.1, -0.05) is 17.7 Å². The van der Waals surface area contributed by atoms with Crippen LogP contribution >= 0.6 is 11.6 Å². The van der Waals surface area contributed by atoms with Crippen molar-refractivity contribution in [2.45, 2.75) is 26.3 Å². The summed E-state index contributed by atoms with van der Waals surface area (Å²) < 4.78 is 27.6. The summed E-state index contributed by atoms with van der Waals surface area (Å²) in [6.07, 6.45) is 0. The van der Waals surface area contributed by atoms with Crippen LogP contribution in [0.5, 0.6) is 0 Å². The smallest absolute Gasteiger partial charge is 0.267 e. The number of halogens is 3. The van der Waals surface area contributed by atoms with Crippen LogP contribution in [0.3, 0.4) is 0 Å². The molecule has 0 aromatic heterocycles. The Bertz CT molecular complexity index is 781. The van der Waals surface area contributed by atoms with Gasteiger partial charge in [-0.15, -0.1) is 0 Å². The Morgan fingerprint density at radius 3 is 2.00 bits per heavy atom. The predicted molar refractivity (Wildman–Crippen MR) is 91.2 cm³/mol. The molecular weight excluding hydrogens is 350 g/mol. The molecule has 132 valence electrons. The van der Waals surface area contributed by atoms with Gasteiger partial charge in [0.1, 0.15) is 17.2 Å². The second-order valence-electron chi connectivity index (χ2n) is 6.36. The molecule has 4 nitrogen and oxygen atoms in total. The summed E-state index contributed by atoms with van der Waals surface area (Å²) in [6.45, 7) is 5.04. The number of hydrogen-bond donors (Lipinski definition) is 1. The van der Waals surface area contributed by atoms with E-state index >= 15 is 0 Å². The van der Waals surface area contributed by atoms with E-state index in [4.69, 9.17) is 11.6 Å². The summed E-state index contributed by atoms with van der Waals surface area (Å²) in [4.78, 5) is 25.0. The summed E-state index contributed by atoms with van der Waals surface area (Å²) in [6, 6.07) is 9.17. The minimum Gasteiger partial charge on any atom is -0.267 e. The molecule has 0 heterocycles. The minimum atomic E-state index is -1.05. The first-order valence-electron chi connectivity index (χ1n) is 7.46. The van der Waals surface area contributed by atoms with Crippen LogP contribution in [0.25, 0.3) is 0 Å². The molecule has 7 heteroatoms. The van der Waals surface area contributed by atoms with Crippen molar-refractivity contribution in [2.24, 2.45) is 0 Å². The number of rotatable bonds is 2. The summed E-state index contributed by atoms with van der Waals surface area (Å²) in [5, 5.41) is 1.49. The fourth-order valence-corrected chi connectivity index (χ4v) is 2.24. The predicted octanol–water partition coefficient (Wildman–Crippen LogP) is 4.20. The highest BCUT2D eigenvalue weighted by atomic mass is 35.5. The van der Waals surface area contributed by atoms with Gasteiger partial charge < -0.3 is 0 Å². The Hall–Kier alpha value is -2.47. The summed E-state index contributed by atoms with van der Waals surface area (Å²) >= 11 is 5.81. The molecule has 2 rings (SSSR count). The van der Waals surface area contributed by atoms with Gasteiger partial charge in [0.25, 0.3) is 11.8 Å². The Kier molecular flexibility index (Phi) is 5.42. The highest BCUT2D eigenvalue weighted by Gasteiger charge is 2.31. The topological polar surface area (TPSA) is 49.4 Å². The fourth-order valence-electron chi connectivity index (χ4n) is 2.12. The standard InChI is InChI=1S/C18H17ClF2N2O2/c1-18(2,3)23(17(25)11-7-9-12(19)10-8-11)22-16(24)15-13(20)5-4-6-14(15)21/h4-10H,1-3H3,(H,22,24). The van der Waals surface area contributed by atoms with Gasteiger partial charge in [0.05, 0.1) is 5.54 Å². The number of benzene rings is 2. The van der Waals surface area contributed by atoms with Gasteiger partial charge in [0.15, 0.2) is 0 Å². The Morgan fingerprint density at radius 1 is 1.00 bits per heavy atom. The molecule has 0 saturated carbocycles. The highest BCUT2D eigenvalue weighted by Crippen LogP contribution is 2.19. The van der Waals surface area contributed by atoms with Crippen molar-refractivity contribution in [3.8, 4) is 0 Å². The van der Waals surface area contributed by atoms with E-state index < -0.39 is 34.6 Å². The van der Waals surface area contributed by atoms with Gasteiger partial charge in [-0.25, -0.2) is 13.8 Å². The molecule has 25 heavy (non-hydrogen) atoms. The van der Waals surface area contributed by atoms with Crippen LogP contribution in [0.1, 0.15) is 41.5 Å². The molecule has 0 unspecified atom stereocenters. The quantitative estimate of drug-likeness (QED) is 0.810. The lowest BCUT2D eigenvalue weighted by molar-refractivity contribution is 0.0355. The first-order valence-corrected chi connectivity index (χ1v) is 7.84. The second-order valence-corrected chi connectivity index (χ2v) is 6.79. The monoisotopic (exact) mass is 366 g/mol. The third-order valence-electron chi connectivity index (χ3n) is 3.37. The van der Waals surface area contributed by atoms with E-state index in [1.165, 1.54) is 24.3 Å². The van der Waals surface area contributed by atoms with Gasteiger partial charge in [0.2, 0.25) is 0 Å². The third-order valence-corrected chi connectivity index (χ3v) is 3.62. The van der Waals surface area contributed by atoms with Gasteiger partial charge in [-0.05, 0) is 57.2 Å². The third kappa shape index (κ3) is 4.33. The zero-order valence-corrected chi connectivity index (χ0v) is 14.7. The maximum Gasteiger partial charge on any atom is 0.275 e. The lowest BCUT2D eigenvalue weighted by Gasteiger charge is -2.35. The molecule has 0 saturated heterocycles. The van der Waals surface area contributed by atoms with E-state index in [-0.39, 0.29) is 5.56 Å². The molecule has 0 aliphatic carbocycles. The van der Waals surface area contributed by atoms with Crippen molar-refractivity contribution >= 4 is 23.4 Å². The van der Waals surface area contributed by atoms with Gasteiger partial charge >= 0.3 is 0 Å². The van der Waals surface area contributed by atoms with E-state index in [9.17, 15) is 18.4 Å². The maximum atomic E-state index is 13.8. The molecule has 2 aromatic carbocycles. The number of hydrazine groups is 1. The normalized spacial score (nSPS) is 11.1. The number of carbonyl (C=O) groups excluding carboxylic acids is 2. The average molecular weight is 367 g/mol. The highest BCUT2D eigenvalue weighted by molar-refractivity contribution is 6.30. The number of hydrogen-bond acceptors (Lipinski definition) is 2. The summed E-state index contributed by atoms with van der Waals surface area (Å²) in [7, 11) is 0. The Balaban J connectivity index is 2.34. The van der Waals surface area contributed by atoms with E-state index in [0.717, 1.165) is 23.2 Å². The fraction of sp³-hybridized carbons (Fsp3) is 0.222. The van der Waals surface area contributed by atoms with Crippen molar-refractivity contribution in [1.29, 1.82) is 0 Å². The van der Waals surface area contributed by atoms with E-state index in [1.807, 2.05) is 0 Å². The van der Waals surface area contributed by atoms with Crippen LogP contribution in [0.15, 0.2) is 42.5 Å². The van der Waals surface area contributed by atoms with Crippen LogP contribution < -0.4 is 5.43 Å². The molecule has 2 amide bonds. The second kappa shape index (κ2) is 7.19. The van der Waals surface area contributed by atoms with Crippen molar-refractivity contribution in [2.75, 3.05) is 0 Å².